The Balaban J connectivity index is 1.44. The van der Waals surface area contributed by atoms with Crippen molar-refractivity contribution in [3.05, 3.63) is 58.7 Å². The summed E-state index contributed by atoms with van der Waals surface area (Å²) in [5.74, 6) is 0.751. The first-order valence-corrected chi connectivity index (χ1v) is 12.1. The molecule has 2 aromatic carbocycles. The first kappa shape index (κ1) is 22.0. The van der Waals surface area contributed by atoms with E-state index in [-0.39, 0.29) is 0 Å². The lowest BCUT2D eigenvalue weighted by molar-refractivity contribution is 0.199. The van der Waals surface area contributed by atoms with Crippen LogP contribution in [-0.4, -0.2) is 0 Å². The minimum atomic E-state index is -0.789. The number of nitriles is 1. The van der Waals surface area contributed by atoms with Gasteiger partial charge in [0.1, 0.15) is 23.3 Å². The van der Waals surface area contributed by atoms with Gasteiger partial charge in [-0.2, -0.15) is 5.26 Å². The summed E-state index contributed by atoms with van der Waals surface area (Å²) >= 11 is 0. The molecule has 3 atom stereocenters. The highest BCUT2D eigenvalue weighted by atomic mass is 19.1. The van der Waals surface area contributed by atoms with Gasteiger partial charge in [0.05, 0.1) is 0 Å². The average Bonchev–Trinajstić information content (AvgIpc) is 2.78. The second-order valence-electron chi connectivity index (χ2n) is 9.63. The van der Waals surface area contributed by atoms with E-state index >= 15 is 0 Å². The van der Waals surface area contributed by atoms with Gasteiger partial charge in [-0.25, -0.2) is 8.78 Å². The second kappa shape index (κ2) is 9.94. The molecule has 4 rings (SSSR count). The Bertz CT molecular complexity index is 935. The molecule has 0 spiro atoms. The molecule has 1 nitrogen and oxygen atoms in total. The highest BCUT2D eigenvalue weighted by molar-refractivity contribution is 5.66. The lowest BCUT2D eigenvalue weighted by Gasteiger charge is -2.41. The van der Waals surface area contributed by atoms with Gasteiger partial charge in [0.25, 0.3) is 0 Å². The fourth-order valence-corrected chi connectivity index (χ4v) is 5.94. The Hall–Kier alpha value is -2.21. The van der Waals surface area contributed by atoms with Crippen LogP contribution in [0.4, 0.5) is 8.78 Å². The van der Waals surface area contributed by atoms with Crippen LogP contribution in [0.5, 0.6) is 0 Å². The molecule has 1 fully saturated rings. The first-order chi connectivity index (χ1) is 15.1. The molecule has 0 saturated heterocycles. The van der Waals surface area contributed by atoms with E-state index in [1.807, 2.05) is 6.07 Å². The van der Waals surface area contributed by atoms with Crippen LogP contribution < -0.4 is 0 Å². The van der Waals surface area contributed by atoms with Crippen molar-refractivity contribution in [1.29, 1.82) is 5.26 Å². The molecule has 0 amide bonds. The van der Waals surface area contributed by atoms with Crippen molar-refractivity contribution >= 4 is 0 Å². The van der Waals surface area contributed by atoms with Gasteiger partial charge in [-0.05, 0) is 84.2 Å². The molecule has 2 aliphatic rings. The summed E-state index contributed by atoms with van der Waals surface area (Å²) in [4.78, 5) is 0. The number of benzene rings is 2. The van der Waals surface area contributed by atoms with E-state index < -0.39 is 17.2 Å². The highest BCUT2D eigenvalue weighted by Gasteiger charge is 2.35. The van der Waals surface area contributed by atoms with Crippen molar-refractivity contribution in [2.24, 2.45) is 11.8 Å². The van der Waals surface area contributed by atoms with E-state index in [4.69, 9.17) is 5.26 Å². The molecular weight excluding hydrogens is 388 g/mol. The van der Waals surface area contributed by atoms with Crippen molar-refractivity contribution in [1.82, 2.24) is 0 Å². The number of fused-ring (bicyclic) bond motifs is 3. The molecule has 3 heteroatoms. The Labute approximate surface area is 185 Å². The fraction of sp³-hybridized carbons (Fsp3) is 0.536. The minimum absolute atomic E-state index is 0.505. The Morgan fingerprint density at radius 3 is 2.45 bits per heavy atom. The van der Waals surface area contributed by atoms with E-state index in [1.54, 1.807) is 6.07 Å². The molecular formula is C28H33F2N. The van der Waals surface area contributed by atoms with Crippen LogP contribution in [0, 0.1) is 34.8 Å². The molecule has 0 aromatic heterocycles. The maximum atomic E-state index is 14.1. The maximum Gasteiger partial charge on any atom is 0.144 e. The molecule has 164 valence electrons. The minimum Gasteiger partial charge on any atom is -0.205 e. The monoisotopic (exact) mass is 421 g/mol. The van der Waals surface area contributed by atoms with Gasteiger partial charge in [0.15, 0.2) is 0 Å². The lowest BCUT2D eigenvalue weighted by Crippen LogP contribution is -2.28. The van der Waals surface area contributed by atoms with Crippen molar-refractivity contribution < 1.29 is 8.78 Å². The standard InChI is InChI=1S/C28H33F2N/c1-2-3-4-5-6-7-19-8-12-24-21(14-19)9-10-22-15-20(11-13-25(22)24)23-16-27(29)26(18-31)28(30)17-23/h11,13,15-17,19,21,24H,2-10,12,14H2,1H3. The van der Waals surface area contributed by atoms with E-state index in [0.717, 1.165) is 23.8 Å². The number of aryl methyl sites for hydroxylation is 1. The van der Waals surface area contributed by atoms with Crippen molar-refractivity contribution in [3.63, 3.8) is 0 Å². The van der Waals surface area contributed by atoms with Gasteiger partial charge in [-0.1, -0.05) is 63.6 Å². The Kier molecular flexibility index (Phi) is 7.06. The van der Waals surface area contributed by atoms with Crippen molar-refractivity contribution in [2.75, 3.05) is 0 Å². The van der Waals surface area contributed by atoms with Gasteiger partial charge in [-0.15, -0.1) is 0 Å². The molecule has 31 heavy (non-hydrogen) atoms. The third-order valence-corrected chi connectivity index (χ3v) is 7.62. The maximum absolute atomic E-state index is 14.1. The van der Waals surface area contributed by atoms with Crippen LogP contribution in [0.25, 0.3) is 11.1 Å². The quantitative estimate of drug-likeness (QED) is 0.412. The van der Waals surface area contributed by atoms with Gasteiger partial charge < -0.3 is 0 Å². The van der Waals surface area contributed by atoms with Crippen LogP contribution in [0.2, 0.25) is 0 Å². The average molecular weight is 422 g/mol. The van der Waals surface area contributed by atoms with E-state index in [9.17, 15) is 8.78 Å². The van der Waals surface area contributed by atoms with E-state index in [0.29, 0.717) is 11.5 Å². The zero-order valence-electron chi connectivity index (χ0n) is 18.6. The predicted molar refractivity (Wildman–Crippen MR) is 122 cm³/mol. The molecule has 0 N–H and O–H groups in total. The van der Waals surface area contributed by atoms with Crippen LogP contribution in [-0.2, 0) is 6.42 Å². The third kappa shape index (κ3) is 4.84. The van der Waals surface area contributed by atoms with Crippen LogP contribution >= 0.6 is 0 Å². The first-order valence-electron chi connectivity index (χ1n) is 12.1. The molecule has 0 radical (unpaired) electrons. The summed E-state index contributed by atoms with van der Waals surface area (Å²) in [6, 6.07) is 10.5. The van der Waals surface area contributed by atoms with E-state index in [1.165, 1.54) is 87.5 Å². The lowest BCUT2D eigenvalue weighted by atomic mass is 9.64. The number of hydrogen-bond acceptors (Lipinski definition) is 1. The molecule has 2 aliphatic carbocycles. The number of hydrogen-bond donors (Lipinski definition) is 0. The van der Waals surface area contributed by atoms with Gasteiger partial charge >= 0.3 is 0 Å². The summed E-state index contributed by atoms with van der Waals surface area (Å²) < 4.78 is 28.2. The normalized spacial score (nSPS) is 22.5. The van der Waals surface area contributed by atoms with Gasteiger partial charge in [-0.3, -0.25) is 0 Å². The molecule has 1 saturated carbocycles. The number of rotatable bonds is 7. The molecule has 3 unspecified atom stereocenters. The van der Waals surface area contributed by atoms with Gasteiger partial charge in [0, 0.05) is 0 Å². The smallest absolute Gasteiger partial charge is 0.144 e. The summed E-state index contributed by atoms with van der Waals surface area (Å²) in [6.07, 6.45) is 14.5. The predicted octanol–water partition coefficient (Wildman–Crippen LogP) is 8.31. The van der Waals surface area contributed by atoms with Crippen molar-refractivity contribution in [3.8, 4) is 17.2 Å². The van der Waals surface area contributed by atoms with Gasteiger partial charge in [0.2, 0.25) is 0 Å². The van der Waals surface area contributed by atoms with Crippen molar-refractivity contribution in [2.45, 2.75) is 83.5 Å². The van der Waals surface area contributed by atoms with Crippen LogP contribution in [0.15, 0.2) is 30.3 Å². The number of unbranched alkanes of at least 4 members (excludes halogenated alkanes) is 4. The Morgan fingerprint density at radius 1 is 0.935 bits per heavy atom. The highest BCUT2D eigenvalue weighted by Crippen LogP contribution is 2.48. The summed E-state index contributed by atoms with van der Waals surface area (Å²) in [6.45, 7) is 2.27. The third-order valence-electron chi connectivity index (χ3n) is 7.62. The molecule has 2 aromatic rings. The summed E-state index contributed by atoms with van der Waals surface area (Å²) in [7, 11) is 0. The van der Waals surface area contributed by atoms with E-state index in [2.05, 4.69) is 19.1 Å². The topological polar surface area (TPSA) is 23.8 Å². The largest absolute Gasteiger partial charge is 0.205 e. The molecule has 0 heterocycles. The number of nitrogens with zero attached hydrogens (tertiary/aromatic N) is 1. The number of halogens is 2. The summed E-state index contributed by atoms with van der Waals surface area (Å²) in [5, 5.41) is 8.90. The fourth-order valence-electron chi connectivity index (χ4n) is 5.94. The second-order valence-corrected chi connectivity index (χ2v) is 9.63. The molecule has 0 aliphatic heterocycles. The Morgan fingerprint density at radius 2 is 1.71 bits per heavy atom. The van der Waals surface area contributed by atoms with Crippen LogP contribution in [0.3, 0.4) is 0 Å². The SMILES string of the molecule is CCCCCCCC1CCC2c3ccc(-c4cc(F)c(C#N)c(F)c4)cc3CCC2C1. The zero-order valence-corrected chi connectivity index (χ0v) is 18.6. The molecule has 0 bridgehead atoms. The summed E-state index contributed by atoms with van der Waals surface area (Å²) in [5.41, 5.74) is 3.62. The zero-order chi connectivity index (χ0) is 21.8. The van der Waals surface area contributed by atoms with Crippen LogP contribution in [0.1, 0.15) is 93.7 Å².